The average Bonchev–Trinajstić information content (AvgIpc) is 3.07. The molecule has 0 aromatic heterocycles. The van der Waals surface area contributed by atoms with E-state index in [0.717, 1.165) is 6.07 Å². The lowest BCUT2D eigenvalue weighted by molar-refractivity contribution is -0.214. The van der Waals surface area contributed by atoms with Gasteiger partial charge in [0.05, 0.1) is 6.04 Å². The first-order valence-electron chi connectivity index (χ1n) is 7.14. The number of halogens is 3. The summed E-state index contributed by atoms with van der Waals surface area (Å²) < 4.78 is 27.0. The van der Waals surface area contributed by atoms with E-state index in [2.05, 4.69) is 5.32 Å². The van der Waals surface area contributed by atoms with Crippen molar-refractivity contribution in [1.82, 2.24) is 5.32 Å². The quantitative estimate of drug-likeness (QED) is 0.613. The van der Waals surface area contributed by atoms with Gasteiger partial charge in [0, 0.05) is 17.5 Å². The van der Waals surface area contributed by atoms with Crippen LogP contribution >= 0.6 is 12.4 Å². The number of aliphatic carboxylic acids is 1. The van der Waals surface area contributed by atoms with Crippen molar-refractivity contribution in [2.45, 2.75) is 43.1 Å². The molecule has 1 heterocycles. The number of carboxylic acid groups (broad SMARTS) is 1. The molecule has 0 bridgehead atoms. The number of fused-ring (bicyclic) bond motifs is 1. The number of aliphatic hydroxyl groups is 2. The lowest BCUT2D eigenvalue weighted by atomic mass is 9.86. The predicted octanol–water partition coefficient (Wildman–Crippen LogP) is 1.16. The zero-order chi connectivity index (χ0) is 16.3. The summed E-state index contributed by atoms with van der Waals surface area (Å²) in [6, 6.07) is 1.88. The Morgan fingerprint density at radius 2 is 1.91 bits per heavy atom. The number of carbonyl (C=O) groups is 1. The van der Waals surface area contributed by atoms with Crippen molar-refractivity contribution >= 4 is 18.4 Å². The zero-order valence-corrected chi connectivity index (χ0v) is 13.1. The monoisotopic (exact) mass is 349 g/mol. The standard InChI is InChI=1S/C15H17F2NO4.ClH/c1-2-11-14(7-3-8(16)5-9(17)4-7)6-10(14)12(18-11)15(21,22)13(19)20;/h3-5,10-12,18,21-22H,2,6H2,1H3,(H,19,20);1H/t10-,11?,12?,14+;/m0./s1. The smallest absolute Gasteiger partial charge is 0.365 e. The van der Waals surface area contributed by atoms with Crippen LogP contribution in [0.2, 0.25) is 0 Å². The lowest BCUT2D eigenvalue weighted by Crippen LogP contribution is -2.56. The van der Waals surface area contributed by atoms with Gasteiger partial charge >= 0.3 is 5.97 Å². The van der Waals surface area contributed by atoms with Crippen LogP contribution in [0, 0.1) is 17.6 Å². The highest BCUT2D eigenvalue weighted by molar-refractivity contribution is 5.85. The summed E-state index contributed by atoms with van der Waals surface area (Å²) >= 11 is 0. The molecule has 8 heteroatoms. The molecule has 0 radical (unpaired) electrons. The maximum atomic E-state index is 13.5. The largest absolute Gasteiger partial charge is 0.477 e. The average molecular weight is 350 g/mol. The number of carboxylic acids is 1. The molecule has 2 fully saturated rings. The molecule has 1 saturated heterocycles. The number of hydrogen-bond donors (Lipinski definition) is 4. The molecule has 4 atom stereocenters. The van der Waals surface area contributed by atoms with E-state index in [1.165, 1.54) is 12.1 Å². The highest BCUT2D eigenvalue weighted by atomic mass is 35.5. The summed E-state index contributed by atoms with van der Waals surface area (Å²) in [5, 5.41) is 31.5. The number of benzene rings is 1. The molecule has 0 spiro atoms. The number of nitrogens with one attached hydrogen (secondary N) is 1. The van der Waals surface area contributed by atoms with E-state index >= 15 is 0 Å². The predicted molar refractivity (Wildman–Crippen MR) is 79.2 cm³/mol. The Labute approximate surface area is 137 Å². The topological polar surface area (TPSA) is 89.8 Å². The summed E-state index contributed by atoms with van der Waals surface area (Å²) in [7, 11) is 0. The fourth-order valence-corrected chi connectivity index (χ4v) is 3.97. The summed E-state index contributed by atoms with van der Waals surface area (Å²) in [5.74, 6) is -6.46. The fourth-order valence-electron chi connectivity index (χ4n) is 3.97. The van der Waals surface area contributed by atoms with Gasteiger partial charge in [0.1, 0.15) is 11.6 Å². The van der Waals surface area contributed by atoms with Crippen molar-refractivity contribution in [1.29, 1.82) is 0 Å². The van der Waals surface area contributed by atoms with Crippen LogP contribution in [0.25, 0.3) is 0 Å². The van der Waals surface area contributed by atoms with Crippen LogP contribution in [0.15, 0.2) is 18.2 Å². The van der Waals surface area contributed by atoms with Gasteiger partial charge in [-0.1, -0.05) is 6.92 Å². The molecule has 3 rings (SSSR count). The van der Waals surface area contributed by atoms with Crippen LogP contribution in [0.1, 0.15) is 25.3 Å². The first kappa shape index (κ1) is 18.1. The zero-order valence-electron chi connectivity index (χ0n) is 12.3. The second-order valence-corrected chi connectivity index (χ2v) is 6.15. The van der Waals surface area contributed by atoms with Gasteiger partial charge < -0.3 is 20.6 Å². The summed E-state index contributed by atoms with van der Waals surface area (Å²) in [6.45, 7) is 1.85. The third-order valence-electron chi connectivity index (χ3n) is 5.02. The molecular formula is C15H18ClF2NO4. The summed E-state index contributed by atoms with van der Waals surface area (Å²) in [4.78, 5) is 11.1. The van der Waals surface area contributed by atoms with E-state index in [0.29, 0.717) is 18.4 Å². The molecule has 1 aliphatic heterocycles. The Hall–Kier alpha value is -1.28. The molecule has 23 heavy (non-hydrogen) atoms. The van der Waals surface area contributed by atoms with E-state index in [1.54, 1.807) is 0 Å². The van der Waals surface area contributed by atoms with E-state index in [-0.39, 0.29) is 18.4 Å². The first-order valence-corrected chi connectivity index (χ1v) is 7.14. The highest BCUT2D eigenvalue weighted by Crippen LogP contribution is 2.64. The van der Waals surface area contributed by atoms with Crippen molar-refractivity contribution in [3.63, 3.8) is 0 Å². The van der Waals surface area contributed by atoms with Crippen LogP contribution in [-0.4, -0.2) is 39.2 Å². The van der Waals surface area contributed by atoms with Gasteiger partial charge in [0.25, 0.3) is 5.79 Å². The molecule has 4 N–H and O–H groups in total. The third-order valence-corrected chi connectivity index (χ3v) is 5.02. The van der Waals surface area contributed by atoms with Crippen molar-refractivity contribution in [2.24, 2.45) is 5.92 Å². The van der Waals surface area contributed by atoms with Crippen LogP contribution in [0.4, 0.5) is 8.78 Å². The molecular weight excluding hydrogens is 332 g/mol. The Bertz CT molecular complexity index is 622. The van der Waals surface area contributed by atoms with Gasteiger partial charge in [0.2, 0.25) is 0 Å². The van der Waals surface area contributed by atoms with E-state index in [9.17, 15) is 23.8 Å². The van der Waals surface area contributed by atoms with Gasteiger partial charge in [-0.15, -0.1) is 12.4 Å². The van der Waals surface area contributed by atoms with Crippen LogP contribution in [-0.2, 0) is 10.2 Å². The SMILES string of the molecule is CCC1NC(C(O)(O)C(=O)O)[C@@H]2C[C@]12c1cc(F)cc(F)c1.Cl. The molecule has 2 aliphatic rings. The fraction of sp³-hybridized carbons (Fsp3) is 0.533. The molecule has 1 aliphatic carbocycles. The van der Waals surface area contributed by atoms with Crippen molar-refractivity contribution < 1.29 is 28.9 Å². The first-order chi connectivity index (χ1) is 10.2. The van der Waals surface area contributed by atoms with Gasteiger partial charge in [-0.3, -0.25) is 0 Å². The van der Waals surface area contributed by atoms with Gasteiger partial charge in [-0.05, 0) is 36.5 Å². The number of hydrogen-bond acceptors (Lipinski definition) is 4. The summed E-state index contributed by atoms with van der Waals surface area (Å²) in [5.41, 5.74) is -0.229. The van der Waals surface area contributed by atoms with Crippen molar-refractivity contribution in [3.05, 3.63) is 35.4 Å². The molecule has 1 aromatic carbocycles. The minimum absolute atomic E-state index is 0. The molecule has 1 aromatic rings. The van der Waals surface area contributed by atoms with Crippen molar-refractivity contribution in [3.8, 4) is 0 Å². The maximum Gasteiger partial charge on any atom is 0.365 e. The molecule has 2 unspecified atom stereocenters. The van der Waals surface area contributed by atoms with E-state index < -0.39 is 40.8 Å². The highest BCUT2D eigenvalue weighted by Gasteiger charge is 2.72. The second kappa shape index (κ2) is 5.66. The molecule has 0 amide bonds. The Balaban J connectivity index is 0.00000192. The van der Waals surface area contributed by atoms with Crippen LogP contribution < -0.4 is 5.32 Å². The van der Waals surface area contributed by atoms with E-state index in [1.807, 2.05) is 6.92 Å². The number of piperidine rings is 1. The number of rotatable bonds is 4. The van der Waals surface area contributed by atoms with Crippen molar-refractivity contribution in [2.75, 3.05) is 0 Å². The molecule has 128 valence electrons. The lowest BCUT2D eigenvalue weighted by Gasteiger charge is -2.28. The minimum Gasteiger partial charge on any atom is -0.477 e. The van der Waals surface area contributed by atoms with E-state index in [4.69, 9.17) is 5.11 Å². The maximum absolute atomic E-state index is 13.5. The molecule has 1 saturated carbocycles. The van der Waals surface area contributed by atoms with Gasteiger partial charge in [-0.25, -0.2) is 13.6 Å². The normalized spacial score (nSPS) is 32.1. The Morgan fingerprint density at radius 1 is 1.35 bits per heavy atom. The molecule has 5 nitrogen and oxygen atoms in total. The van der Waals surface area contributed by atoms with Gasteiger partial charge in [-0.2, -0.15) is 0 Å². The second-order valence-electron chi connectivity index (χ2n) is 6.15. The van der Waals surface area contributed by atoms with Gasteiger partial charge in [0.15, 0.2) is 0 Å². The summed E-state index contributed by atoms with van der Waals surface area (Å²) in [6.07, 6.45) is 1.03. The van der Waals surface area contributed by atoms with Crippen LogP contribution in [0.3, 0.4) is 0 Å². The third kappa shape index (κ3) is 2.52. The Morgan fingerprint density at radius 3 is 2.39 bits per heavy atom. The Kier molecular flexibility index (Phi) is 4.45. The minimum atomic E-state index is -2.91. The van der Waals surface area contributed by atoms with Crippen LogP contribution in [0.5, 0.6) is 0 Å².